The molecule has 0 saturated carbocycles. The van der Waals surface area contributed by atoms with Gasteiger partial charge >= 0.3 is 5.63 Å². The first-order valence-electron chi connectivity index (χ1n) is 10.4. The molecule has 0 unspecified atom stereocenters. The van der Waals surface area contributed by atoms with Crippen LogP contribution in [0.1, 0.15) is 16.7 Å². The third-order valence-electron chi connectivity index (χ3n) is 6.05. The van der Waals surface area contributed by atoms with Crippen molar-refractivity contribution < 1.29 is 28.8 Å². The lowest BCUT2D eigenvalue weighted by Crippen LogP contribution is -3.27. The Morgan fingerprint density at radius 1 is 0.933 bits per heavy atom. The summed E-state index contributed by atoms with van der Waals surface area (Å²) in [4.78, 5) is 15.0. The largest absolute Gasteiger partial charge is 0.507 e. The maximum atomic E-state index is 12.0. The van der Waals surface area contributed by atoms with Crippen molar-refractivity contribution >= 4 is 11.0 Å². The molecule has 0 atom stereocenters. The van der Waals surface area contributed by atoms with E-state index in [1.54, 1.807) is 6.07 Å². The molecule has 2 aliphatic rings. The van der Waals surface area contributed by atoms with Gasteiger partial charge in [-0.2, -0.15) is 0 Å². The predicted octanol–water partition coefficient (Wildman–Crippen LogP) is 0.0193. The maximum absolute atomic E-state index is 12.0. The van der Waals surface area contributed by atoms with Gasteiger partial charge < -0.3 is 28.8 Å². The Balaban J connectivity index is 1.26. The highest BCUT2D eigenvalue weighted by Crippen LogP contribution is 2.32. The number of benzene rings is 2. The van der Waals surface area contributed by atoms with Crippen molar-refractivity contribution in [1.29, 1.82) is 0 Å². The Hall–Kier alpha value is -3.03. The van der Waals surface area contributed by atoms with E-state index in [-0.39, 0.29) is 11.4 Å². The van der Waals surface area contributed by atoms with E-state index in [9.17, 15) is 9.90 Å². The highest BCUT2D eigenvalue weighted by Gasteiger charge is 2.25. The van der Waals surface area contributed by atoms with Crippen LogP contribution in [0.3, 0.4) is 0 Å². The molecule has 3 aromatic rings. The molecule has 7 nitrogen and oxygen atoms in total. The van der Waals surface area contributed by atoms with Crippen LogP contribution in [-0.2, 0) is 13.1 Å². The summed E-state index contributed by atoms with van der Waals surface area (Å²) in [6.45, 7) is 7.96. The van der Waals surface area contributed by atoms with Gasteiger partial charge in [-0.15, -0.1) is 0 Å². The van der Waals surface area contributed by atoms with Gasteiger partial charge in [-0.1, -0.05) is 0 Å². The van der Waals surface area contributed by atoms with Crippen molar-refractivity contribution in [3.63, 3.8) is 0 Å². The number of ether oxygens (including phenoxy) is 2. The first kappa shape index (κ1) is 19.0. The fourth-order valence-corrected chi connectivity index (χ4v) is 4.55. The predicted molar refractivity (Wildman–Crippen MR) is 110 cm³/mol. The first-order chi connectivity index (χ1) is 14.5. The number of nitrogens with one attached hydrogen (secondary N) is 2. The molecule has 0 aliphatic carbocycles. The van der Waals surface area contributed by atoms with Crippen molar-refractivity contribution in [3.05, 3.63) is 63.5 Å². The number of quaternary nitrogens is 2. The van der Waals surface area contributed by atoms with Gasteiger partial charge in [-0.25, -0.2) is 4.79 Å². The lowest BCUT2D eigenvalue weighted by Gasteiger charge is -2.30. The zero-order chi connectivity index (χ0) is 20.7. The van der Waals surface area contributed by atoms with E-state index in [2.05, 4.69) is 12.1 Å². The summed E-state index contributed by atoms with van der Waals surface area (Å²) in [7, 11) is 0. The van der Waals surface area contributed by atoms with Gasteiger partial charge in [0.2, 0.25) is 6.79 Å². The number of phenolic OH excluding ortho intramolecular Hbond substituents is 1. The summed E-state index contributed by atoms with van der Waals surface area (Å²) >= 11 is 0. The molecule has 2 aliphatic heterocycles. The summed E-state index contributed by atoms with van der Waals surface area (Å²) in [5.74, 6) is 1.83. The van der Waals surface area contributed by atoms with Crippen LogP contribution in [0, 0.1) is 6.92 Å². The van der Waals surface area contributed by atoms with E-state index in [1.807, 2.05) is 19.1 Å². The molecule has 3 heterocycles. The normalized spacial score (nSPS) is 20.6. The lowest BCUT2D eigenvalue weighted by molar-refractivity contribution is -1.02. The van der Waals surface area contributed by atoms with E-state index < -0.39 is 0 Å². The van der Waals surface area contributed by atoms with Gasteiger partial charge in [0, 0.05) is 17.2 Å². The zero-order valence-electron chi connectivity index (χ0n) is 17.0. The molecule has 5 rings (SSSR count). The topological polar surface area (TPSA) is 77.8 Å². The number of aryl methyl sites for hydroxylation is 1. The standard InChI is InChI=1S/C23H24N2O5/c1-15-8-18(26)23-17(11-22(27)30-21(23)9-15)13-25-6-4-24(5-7-25)12-16-2-3-19-20(10-16)29-14-28-19/h2-3,8-11,26H,4-7,12-14H2,1H3/p+2. The smallest absolute Gasteiger partial charge is 0.336 e. The zero-order valence-corrected chi connectivity index (χ0v) is 17.0. The van der Waals surface area contributed by atoms with Crippen molar-refractivity contribution in [3.8, 4) is 17.2 Å². The summed E-state index contributed by atoms with van der Waals surface area (Å²) in [5, 5.41) is 11.1. The van der Waals surface area contributed by atoms with Crippen molar-refractivity contribution in [2.45, 2.75) is 20.0 Å². The van der Waals surface area contributed by atoms with Gasteiger partial charge in [0.05, 0.1) is 5.39 Å². The molecule has 1 aromatic heterocycles. The van der Waals surface area contributed by atoms with Crippen LogP contribution < -0.4 is 24.9 Å². The number of hydrogen-bond acceptors (Lipinski definition) is 5. The number of piperazine rings is 1. The minimum atomic E-state index is -0.367. The molecule has 156 valence electrons. The van der Waals surface area contributed by atoms with Crippen LogP contribution in [0.25, 0.3) is 11.0 Å². The van der Waals surface area contributed by atoms with Gasteiger partial charge in [-0.05, 0) is 42.8 Å². The van der Waals surface area contributed by atoms with Crippen molar-refractivity contribution in [2.75, 3.05) is 33.0 Å². The Morgan fingerprint density at radius 3 is 2.47 bits per heavy atom. The number of hydrogen-bond donors (Lipinski definition) is 3. The van der Waals surface area contributed by atoms with Crippen LogP contribution in [0.15, 0.2) is 45.6 Å². The molecule has 7 heteroatoms. The monoisotopic (exact) mass is 410 g/mol. The Kier molecular flexibility index (Phi) is 4.84. The summed E-state index contributed by atoms with van der Waals surface area (Å²) in [6, 6.07) is 11.2. The second-order valence-corrected chi connectivity index (χ2v) is 8.29. The third kappa shape index (κ3) is 3.74. The van der Waals surface area contributed by atoms with Crippen LogP contribution in [0.5, 0.6) is 17.2 Å². The Labute approximate surface area is 174 Å². The molecule has 30 heavy (non-hydrogen) atoms. The van der Waals surface area contributed by atoms with E-state index >= 15 is 0 Å². The number of aromatic hydroxyl groups is 1. The minimum absolute atomic E-state index is 0.176. The molecule has 0 spiro atoms. The molecule has 2 aromatic carbocycles. The van der Waals surface area contributed by atoms with E-state index in [4.69, 9.17) is 13.9 Å². The molecule has 3 N–H and O–H groups in total. The van der Waals surface area contributed by atoms with E-state index in [0.29, 0.717) is 24.3 Å². The lowest BCUT2D eigenvalue weighted by atomic mass is 10.1. The number of phenols is 1. The number of rotatable bonds is 4. The minimum Gasteiger partial charge on any atom is -0.507 e. The van der Waals surface area contributed by atoms with Gasteiger partial charge in [0.25, 0.3) is 0 Å². The summed E-state index contributed by atoms with van der Waals surface area (Å²) in [5.41, 5.74) is 3.07. The summed E-state index contributed by atoms with van der Waals surface area (Å²) in [6.07, 6.45) is 0. The first-order valence-corrected chi connectivity index (χ1v) is 10.4. The van der Waals surface area contributed by atoms with Gasteiger partial charge in [-0.3, -0.25) is 0 Å². The molecule has 1 fully saturated rings. The Bertz CT molecular complexity index is 1150. The van der Waals surface area contributed by atoms with Crippen molar-refractivity contribution in [1.82, 2.24) is 0 Å². The highest BCUT2D eigenvalue weighted by atomic mass is 16.7. The molecular formula is C23H26N2O5+2. The third-order valence-corrected chi connectivity index (χ3v) is 6.05. The van der Waals surface area contributed by atoms with Crippen LogP contribution in [0.4, 0.5) is 0 Å². The summed E-state index contributed by atoms with van der Waals surface area (Å²) < 4.78 is 16.2. The maximum Gasteiger partial charge on any atom is 0.336 e. The van der Waals surface area contributed by atoms with E-state index in [1.165, 1.54) is 21.4 Å². The molecular weight excluding hydrogens is 384 g/mol. The molecule has 0 amide bonds. The highest BCUT2D eigenvalue weighted by molar-refractivity contribution is 5.87. The quantitative estimate of drug-likeness (QED) is 0.529. The molecule has 0 radical (unpaired) electrons. The van der Waals surface area contributed by atoms with Crippen LogP contribution in [-0.4, -0.2) is 38.1 Å². The average Bonchev–Trinajstić information content (AvgIpc) is 3.16. The van der Waals surface area contributed by atoms with Gasteiger partial charge in [0.15, 0.2) is 11.5 Å². The van der Waals surface area contributed by atoms with E-state index in [0.717, 1.165) is 55.3 Å². The fraction of sp³-hybridized carbons (Fsp3) is 0.348. The average molecular weight is 410 g/mol. The number of fused-ring (bicyclic) bond motifs is 2. The SMILES string of the molecule is Cc1cc(O)c2c(C[NH+]3CC[NH+](Cc4ccc5c(c4)OCO5)CC3)cc(=O)oc2c1. The molecule has 0 bridgehead atoms. The Morgan fingerprint density at radius 2 is 1.67 bits per heavy atom. The van der Waals surface area contributed by atoms with Crippen molar-refractivity contribution in [2.24, 2.45) is 0 Å². The second-order valence-electron chi connectivity index (χ2n) is 8.29. The van der Waals surface area contributed by atoms with Crippen LogP contribution >= 0.6 is 0 Å². The van der Waals surface area contributed by atoms with Crippen LogP contribution in [0.2, 0.25) is 0 Å². The fourth-order valence-electron chi connectivity index (χ4n) is 4.55. The van der Waals surface area contributed by atoms with Gasteiger partial charge in [0.1, 0.15) is 50.6 Å². The molecule has 1 saturated heterocycles. The second kappa shape index (κ2) is 7.66.